The Balaban J connectivity index is 2.11. The van der Waals surface area contributed by atoms with Crippen LogP contribution in [0, 0.1) is 6.92 Å². The van der Waals surface area contributed by atoms with Gasteiger partial charge in [0.25, 0.3) is 0 Å². The number of hydrogen-bond acceptors (Lipinski definition) is 5. The number of aromatic amines is 1. The van der Waals surface area contributed by atoms with Crippen LogP contribution in [0.4, 0.5) is 0 Å². The van der Waals surface area contributed by atoms with E-state index >= 15 is 0 Å². The number of ether oxygens (including phenoxy) is 1. The molecular formula is C11H20N4O3S. The molecule has 1 aromatic rings. The summed E-state index contributed by atoms with van der Waals surface area (Å²) in [5.41, 5.74) is 1.05. The molecule has 3 N–H and O–H groups in total. The van der Waals surface area contributed by atoms with Gasteiger partial charge in [0.2, 0.25) is 10.0 Å². The molecule has 1 aliphatic heterocycles. The van der Waals surface area contributed by atoms with Crippen molar-refractivity contribution in [1.82, 2.24) is 20.2 Å². The third-order valence-corrected chi connectivity index (χ3v) is 4.73. The lowest BCUT2D eigenvalue weighted by Crippen LogP contribution is -2.32. The molecule has 1 atom stereocenters. The second-order valence-electron chi connectivity index (χ2n) is 4.64. The van der Waals surface area contributed by atoms with Gasteiger partial charge in [0.05, 0.1) is 17.5 Å². The van der Waals surface area contributed by atoms with Gasteiger partial charge in [-0.15, -0.1) is 0 Å². The summed E-state index contributed by atoms with van der Waals surface area (Å²) in [5, 5.41) is 9.64. The molecule has 1 fully saturated rings. The standard InChI is InChI=1S/C11H20N4O3S/c1-8-11(10(7-12-2)15-14-8)19(16,17)13-6-9-4-3-5-18-9/h9,12-13H,3-7H2,1-2H3,(H,14,15). The van der Waals surface area contributed by atoms with E-state index in [1.54, 1.807) is 14.0 Å². The fourth-order valence-electron chi connectivity index (χ4n) is 2.19. The number of aryl methyl sites for hydroxylation is 1. The van der Waals surface area contributed by atoms with Crippen molar-refractivity contribution in [3.05, 3.63) is 11.4 Å². The van der Waals surface area contributed by atoms with Crippen molar-refractivity contribution in [3.8, 4) is 0 Å². The van der Waals surface area contributed by atoms with E-state index in [-0.39, 0.29) is 11.0 Å². The maximum absolute atomic E-state index is 12.3. The van der Waals surface area contributed by atoms with Crippen molar-refractivity contribution in [3.63, 3.8) is 0 Å². The summed E-state index contributed by atoms with van der Waals surface area (Å²) in [4.78, 5) is 0.236. The Bertz CT molecular complexity index is 520. The first-order valence-corrected chi connectivity index (χ1v) is 7.82. The Morgan fingerprint density at radius 3 is 2.95 bits per heavy atom. The molecule has 0 spiro atoms. The normalized spacial score (nSPS) is 20.0. The van der Waals surface area contributed by atoms with E-state index in [9.17, 15) is 8.42 Å². The van der Waals surface area contributed by atoms with E-state index < -0.39 is 10.0 Å². The van der Waals surface area contributed by atoms with Crippen LogP contribution in [-0.4, -0.2) is 44.9 Å². The van der Waals surface area contributed by atoms with Crippen molar-refractivity contribution in [1.29, 1.82) is 0 Å². The molecule has 1 aliphatic rings. The molecule has 7 nitrogen and oxygen atoms in total. The van der Waals surface area contributed by atoms with Crippen LogP contribution in [0.15, 0.2) is 4.90 Å². The fraction of sp³-hybridized carbons (Fsp3) is 0.727. The summed E-state index contributed by atoms with van der Waals surface area (Å²) >= 11 is 0. The molecule has 1 unspecified atom stereocenters. The highest BCUT2D eigenvalue weighted by Crippen LogP contribution is 2.18. The van der Waals surface area contributed by atoms with Gasteiger partial charge in [-0.25, -0.2) is 13.1 Å². The fourth-order valence-corrected chi connectivity index (χ4v) is 3.62. The van der Waals surface area contributed by atoms with Crippen LogP contribution >= 0.6 is 0 Å². The number of aromatic nitrogens is 2. The van der Waals surface area contributed by atoms with Crippen LogP contribution < -0.4 is 10.0 Å². The summed E-state index contributed by atoms with van der Waals surface area (Å²) in [5.74, 6) is 0. The van der Waals surface area contributed by atoms with Crippen molar-refractivity contribution in [2.75, 3.05) is 20.2 Å². The van der Waals surface area contributed by atoms with Gasteiger partial charge in [0, 0.05) is 19.7 Å². The maximum atomic E-state index is 12.3. The third kappa shape index (κ3) is 3.33. The molecule has 8 heteroatoms. The van der Waals surface area contributed by atoms with Crippen LogP contribution in [0.2, 0.25) is 0 Å². The van der Waals surface area contributed by atoms with Crippen LogP contribution in [0.25, 0.3) is 0 Å². The first-order chi connectivity index (χ1) is 9.04. The summed E-state index contributed by atoms with van der Waals surface area (Å²) in [6, 6.07) is 0. The van der Waals surface area contributed by atoms with E-state index in [4.69, 9.17) is 4.74 Å². The molecule has 0 aromatic carbocycles. The van der Waals surface area contributed by atoms with Crippen molar-refractivity contribution >= 4 is 10.0 Å². The number of nitrogens with one attached hydrogen (secondary N) is 3. The molecule has 108 valence electrons. The molecule has 1 saturated heterocycles. The van der Waals surface area contributed by atoms with Crippen LogP contribution in [0.3, 0.4) is 0 Å². The number of sulfonamides is 1. The predicted octanol–water partition coefficient (Wildman–Crippen LogP) is -0.105. The molecular weight excluding hydrogens is 268 g/mol. The monoisotopic (exact) mass is 288 g/mol. The largest absolute Gasteiger partial charge is 0.377 e. The SMILES string of the molecule is CNCc1n[nH]c(C)c1S(=O)(=O)NCC1CCCO1. The van der Waals surface area contributed by atoms with Crippen molar-refractivity contribution < 1.29 is 13.2 Å². The van der Waals surface area contributed by atoms with Crippen LogP contribution in [-0.2, 0) is 21.3 Å². The quantitative estimate of drug-likeness (QED) is 0.679. The Labute approximate surface area is 113 Å². The second-order valence-corrected chi connectivity index (χ2v) is 6.35. The third-order valence-electron chi connectivity index (χ3n) is 3.10. The molecule has 2 rings (SSSR count). The molecule has 0 aliphatic carbocycles. The lowest BCUT2D eigenvalue weighted by atomic mass is 10.2. The number of rotatable bonds is 6. The molecule has 0 amide bonds. The smallest absolute Gasteiger partial charge is 0.244 e. The van der Waals surface area contributed by atoms with Gasteiger partial charge < -0.3 is 10.1 Å². The van der Waals surface area contributed by atoms with Gasteiger partial charge in [-0.05, 0) is 26.8 Å². The van der Waals surface area contributed by atoms with Gasteiger partial charge in [0.15, 0.2) is 0 Å². The number of nitrogens with zero attached hydrogens (tertiary/aromatic N) is 1. The van der Waals surface area contributed by atoms with E-state index in [0.717, 1.165) is 12.8 Å². The number of H-pyrrole nitrogens is 1. The van der Waals surface area contributed by atoms with E-state index in [0.29, 0.717) is 31.1 Å². The van der Waals surface area contributed by atoms with Gasteiger partial charge in [-0.2, -0.15) is 5.10 Å². The minimum atomic E-state index is -3.55. The molecule has 0 radical (unpaired) electrons. The van der Waals surface area contributed by atoms with Crippen molar-refractivity contribution in [2.45, 2.75) is 37.3 Å². The Hall–Kier alpha value is -0.960. The molecule has 1 aromatic heterocycles. The Kier molecular flexibility index (Phi) is 4.56. The Morgan fingerprint density at radius 1 is 1.53 bits per heavy atom. The highest BCUT2D eigenvalue weighted by Gasteiger charge is 2.25. The summed E-state index contributed by atoms with van der Waals surface area (Å²) in [6.07, 6.45) is 1.87. The van der Waals surface area contributed by atoms with Gasteiger partial charge in [-0.3, -0.25) is 5.10 Å². The van der Waals surface area contributed by atoms with Crippen LogP contribution in [0.5, 0.6) is 0 Å². The average Bonchev–Trinajstić information content (AvgIpc) is 2.97. The molecule has 0 saturated carbocycles. The zero-order valence-electron chi connectivity index (χ0n) is 11.2. The topological polar surface area (TPSA) is 96.1 Å². The van der Waals surface area contributed by atoms with Gasteiger partial charge >= 0.3 is 0 Å². The van der Waals surface area contributed by atoms with E-state index in [1.807, 2.05) is 0 Å². The minimum Gasteiger partial charge on any atom is -0.377 e. The van der Waals surface area contributed by atoms with E-state index in [1.165, 1.54) is 0 Å². The zero-order chi connectivity index (χ0) is 13.9. The highest BCUT2D eigenvalue weighted by molar-refractivity contribution is 7.89. The average molecular weight is 288 g/mol. The first kappa shape index (κ1) is 14.4. The predicted molar refractivity (Wildman–Crippen MR) is 70.3 cm³/mol. The van der Waals surface area contributed by atoms with E-state index in [2.05, 4.69) is 20.2 Å². The van der Waals surface area contributed by atoms with Gasteiger partial charge in [-0.1, -0.05) is 0 Å². The summed E-state index contributed by atoms with van der Waals surface area (Å²) < 4.78 is 32.6. The molecule has 2 heterocycles. The zero-order valence-corrected chi connectivity index (χ0v) is 12.0. The molecule has 19 heavy (non-hydrogen) atoms. The second kappa shape index (κ2) is 6.00. The first-order valence-electron chi connectivity index (χ1n) is 6.34. The van der Waals surface area contributed by atoms with Crippen molar-refractivity contribution in [2.24, 2.45) is 0 Å². The Morgan fingerprint density at radius 2 is 2.32 bits per heavy atom. The minimum absolute atomic E-state index is 0.0188. The lowest BCUT2D eigenvalue weighted by molar-refractivity contribution is 0.114. The highest BCUT2D eigenvalue weighted by atomic mass is 32.2. The summed E-state index contributed by atoms with van der Waals surface area (Å²) in [6.45, 7) is 3.13. The number of hydrogen-bond donors (Lipinski definition) is 3. The lowest BCUT2D eigenvalue weighted by Gasteiger charge is -2.12. The van der Waals surface area contributed by atoms with Crippen LogP contribution in [0.1, 0.15) is 24.2 Å². The maximum Gasteiger partial charge on any atom is 0.244 e. The summed E-state index contributed by atoms with van der Waals surface area (Å²) in [7, 11) is -1.80. The van der Waals surface area contributed by atoms with Gasteiger partial charge in [0.1, 0.15) is 4.90 Å². The molecule has 0 bridgehead atoms.